The van der Waals surface area contributed by atoms with E-state index in [0.29, 0.717) is 11.4 Å². The van der Waals surface area contributed by atoms with Gasteiger partial charge in [0.1, 0.15) is 12.3 Å². The Balaban J connectivity index is 1.82. The first-order valence-corrected chi connectivity index (χ1v) is 7.52. The summed E-state index contributed by atoms with van der Waals surface area (Å²) in [5.41, 5.74) is 1.64. The normalized spacial score (nSPS) is 13.0. The highest BCUT2D eigenvalue weighted by molar-refractivity contribution is 6.05. The van der Waals surface area contributed by atoms with Crippen LogP contribution in [0.4, 0.5) is 17.1 Å². The molecule has 0 radical (unpaired) electrons. The number of nitro benzene ring substituents is 1. The molecule has 1 aliphatic rings. The third-order valence-electron chi connectivity index (χ3n) is 3.70. The number of anilines is 2. The molecule has 0 bridgehead atoms. The van der Waals surface area contributed by atoms with E-state index in [1.807, 2.05) is 19.1 Å². The Labute approximate surface area is 143 Å². The van der Waals surface area contributed by atoms with E-state index in [0.717, 1.165) is 5.56 Å². The lowest BCUT2D eigenvalue weighted by molar-refractivity contribution is -0.384. The molecule has 0 aromatic heterocycles. The molecule has 8 heteroatoms. The maximum atomic E-state index is 12.3. The van der Waals surface area contributed by atoms with Crippen molar-refractivity contribution in [1.82, 2.24) is 0 Å². The Hall–Kier alpha value is -3.42. The van der Waals surface area contributed by atoms with Gasteiger partial charge in [0.25, 0.3) is 11.6 Å². The van der Waals surface area contributed by atoms with Crippen LogP contribution in [0.1, 0.15) is 5.56 Å². The molecule has 0 saturated carbocycles. The number of ether oxygens (including phenoxy) is 1. The highest BCUT2D eigenvalue weighted by Gasteiger charge is 2.29. The summed E-state index contributed by atoms with van der Waals surface area (Å²) >= 11 is 0. The maximum absolute atomic E-state index is 12.3. The molecule has 128 valence electrons. The zero-order valence-corrected chi connectivity index (χ0v) is 13.4. The highest BCUT2D eigenvalue weighted by Crippen LogP contribution is 2.35. The number of fused-ring (bicyclic) bond motifs is 1. The number of nitro groups is 1. The maximum Gasteiger partial charge on any atom is 0.271 e. The third-order valence-corrected chi connectivity index (χ3v) is 3.70. The van der Waals surface area contributed by atoms with E-state index < -0.39 is 16.7 Å². The summed E-state index contributed by atoms with van der Waals surface area (Å²) in [6.07, 6.45) is 0. The Morgan fingerprint density at radius 1 is 1.32 bits per heavy atom. The van der Waals surface area contributed by atoms with Crippen LogP contribution in [0, 0.1) is 17.0 Å². The molecule has 0 fully saturated rings. The van der Waals surface area contributed by atoms with Gasteiger partial charge in [0.05, 0.1) is 10.6 Å². The second-order valence-electron chi connectivity index (χ2n) is 5.60. The van der Waals surface area contributed by atoms with Crippen LogP contribution < -0.4 is 15.0 Å². The number of non-ortho nitro benzene ring substituents is 1. The van der Waals surface area contributed by atoms with Crippen molar-refractivity contribution in [1.29, 1.82) is 0 Å². The van der Waals surface area contributed by atoms with E-state index in [2.05, 4.69) is 5.32 Å². The molecule has 0 saturated heterocycles. The number of benzene rings is 2. The fourth-order valence-corrected chi connectivity index (χ4v) is 2.54. The summed E-state index contributed by atoms with van der Waals surface area (Å²) in [5.74, 6) is -0.515. The van der Waals surface area contributed by atoms with Gasteiger partial charge in [-0.25, -0.2) is 0 Å². The number of hydrogen-bond acceptors (Lipinski definition) is 5. The van der Waals surface area contributed by atoms with Crippen LogP contribution in [0.25, 0.3) is 0 Å². The summed E-state index contributed by atoms with van der Waals surface area (Å²) in [6.45, 7) is 1.42. The number of carbonyl (C=O) groups excluding carboxylic acids is 2. The van der Waals surface area contributed by atoms with E-state index in [1.165, 1.54) is 23.1 Å². The number of rotatable bonds is 4. The topological polar surface area (TPSA) is 102 Å². The Morgan fingerprint density at radius 3 is 2.84 bits per heavy atom. The quantitative estimate of drug-likeness (QED) is 0.679. The van der Waals surface area contributed by atoms with Crippen molar-refractivity contribution < 1.29 is 19.2 Å². The number of nitrogens with zero attached hydrogens (tertiary/aromatic N) is 2. The van der Waals surface area contributed by atoms with Crippen molar-refractivity contribution in [3.8, 4) is 5.75 Å². The highest BCUT2D eigenvalue weighted by atomic mass is 16.6. The lowest BCUT2D eigenvalue weighted by Crippen LogP contribution is -2.43. The number of carbonyl (C=O) groups is 2. The molecule has 0 atom stereocenters. The van der Waals surface area contributed by atoms with Crippen molar-refractivity contribution in [2.45, 2.75) is 6.92 Å². The van der Waals surface area contributed by atoms with Crippen LogP contribution in [-0.2, 0) is 9.59 Å². The van der Waals surface area contributed by atoms with Crippen molar-refractivity contribution in [2.75, 3.05) is 23.4 Å². The third kappa shape index (κ3) is 3.57. The molecular weight excluding hydrogens is 326 g/mol. The van der Waals surface area contributed by atoms with Crippen molar-refractivity contribution in [2.24, 2.45) is 0 Å². The summed E-state index contributed by atoms with van der Waals surface area (Å²) in [7, 11) is 0. The lowest BCUT2D eigenvalue weighted by Gasteiger charge is -2.28. The van der Waals surface area contributed by atoms with E-state index >= 15 is 0 Å². The van der Waals surface area contributed by atoms with Gasteiger partial charge >= 0.3 is 0 Å². The first-order chi connectivity index (χ1) is 11.9. The van der Waals surface area contributed by atoms with Gasteiger partial charge in [-0.1, -0.05) is 12.1 Å². The standard InChI is InChI=1S/C17H15N3O5/c1-11-3-2-4-12(7-11)18-16(21)9-19-14-8-13(20(23)24)5-6-15(14)25-10-17(19)22/h2-8H,9-10H2,1H3,(H,18,21). The van der Waals surface area contributed by atoms with E-state index in [9.17, 15) is 19.7 Å². The van der Waals surface area contributed by atoms with Gasteiger partial charge in [0.2, 0.25) is 5.91 Å². The van der Waals surface area contributed by atoms with Crippen molar-refractivity contribution >= 4 is 28.9 Å². The summed E-state index contributed by atoms with van der Waals surface area (Å²) in [6, 6.07) is 11.2. The fraction of sp³-hybridized carbons (Fsp3) is 0.176. The monoisotopic (exact) mass is 341 g/mol. The van der Waals surface area contributed by atoms with Crippen LogP contribution in [0.2, 0.25) is 0 Å². The van der Waals surface area contributed by atoms with E-state index in [-0.39, 0.29) is 24.5 Å². The predicted octanol–water partition coefficient (Wildman–Crippen LogP) is 2.27. The fourth-order valence-electron chi connectivity index (χ4n) is 2.54. The molecule has 3 rings (SSSR count). The second-order valence-corrected chi connectivity index (χ2v) is 5.60. The van der Waals surface area contributed by atoms with Gasteiger partial charge in [0.15, 0.2) is 6.61 Å². The predicted molar refractivity (Wildman–Crippen MR) is 90.8 cm³/mol. The van der Waals surface area contributed by atoms with Crippen LogP contribution >= 0.6 is 0 Å². The van der Waals surface area contributed by atoms with Gasteiger partial charge in [-0.15, -0.1) is 0 Å². The van der Waals surface area contributed by atoms with Crippen LogP contribution in [-0.4, -0.2) is 29.9 Å². The molecule has 2 amide bonds. The molecule has 0 spiro atoms. The van der Waals surface area contributed by atoms with Crippen LogP contribution in [0.3, 0.4) is 0 Å². The SMILES string of the molecule is Cc1cccc(NC(=O)CN2C(=O)COc3ccc([N+](=O)[O-])cc32)c1. The number of amides is 2. The number of aryl methyl sites for hydroxylation is 1. The molecule has 2 aromatic rings. The summed E-state index contributed by atoms with van der Waals surface area (Å²) < 4.78 is 5.27. The average Bonchev–Trinajstić information content (AvgIpc) is 2.57. The van der Waals surface area contributed by atoms with Gasteiger partial charge < -0.3 is 10.1 Å². The van der Waals surface area contributed by atoms with Crippen molar-refractivity contribution in [3.05, 3.63) is 58.1 Å². The van der Waals surface area contributed by atoms with Crippen molar-refractivity contribution in [3.63, 3.8) is 0 Å². The number of nitrogens with one attached hydrogen (secondary N) is 1. The number of hydrogen-bond donors (Lipinski definition) is 1. The molecule has 25 heavy (non-hydrogen) atoms. The molecule has 0 aliphatic carbocycles. The molecule has 2 aromatic carbocycles. The minimum Gasteiger partial charge on any atom is -0.482 e. The lowest BCUT2D eigenvalue weighted by atomic mass is 10.2. The largest absolute Gasteiger partial charge is 0.482 e. The van der Waals surface area contributed by atoms with E-state index in [1.54, 1.807) is 12.1 Å². The molecule has 0 unspecified atom stereocenters. The summed E-state index contributed by atoms with van der Waals surface area (Å²) in [4.78, 5) is 36.0. The Kier molecular flexibility index (Phi) is 4.34. The second kappa shape index (κ2) is 6.60. The van der Waals surface area contributed by atoms with Gasteiger partial charge in [0, 0.05) is 17.8 Å². The zero-order chi connectivity index (χ0) is 18.0. The molecular formula is C17H15N3O5. The minimum absolute atomic E-state index is 0.179. The van der Waals surface area contributed by atoms with E-state index in [4.69, 9.17) is 4.74 Å². The Morgan fingerprint density at radius 2 is 2.12 bits per heavy atom. The smallest absolute Gasteiger partial charge is 0.271 e. The zero-order valence-electron chi connectivity index (χ0n) is 13.4. The summed E-state index contributed by atoms with van der Waals surface area (Å²) in [5, 5.41) is 13.7. The van der Waals surface area contributed by atoms with Gasteiger partial charge in [-0.3, -0.25) is 24.6 Å². The minimum atomic E-state index is -0.565. The molecule has 1 aliphatic heterocycles. The van der Waals surface area contributed by atoms with Gasteiger partial charge in [-0.2, -0.15) is 0 Å². The van der Waals surface area contributed by atoms with Gasteiger partial charge in [-0.05, 0) is 30.7 Å². The van der Waals surface area contributed by atoms with Crippen LogP contribution in [0.15, 0.2) is 42.5 Å². The first kappa shape index (κ1) is 16.4. The van der Waals surface area contributed by atoms with Crippen LogP contribution in [0.5, 0.6) is 5.75 Å². The molecule has 8 nitrogen and oxygen atoms in total. The first-order valence-electron chi connectivity index (χ1n) is 7.52. The Bertz CT molecular complexity index is 865. The molecule has 1 N–H and O–H groups in total. The molecule has 1 heterocycles. The average molecular weight is 341 g/mol.